The summed E-state index contributed by atoms with van der Waals surface area (Å²) in [6.07, 6.45) is -0.509. The number of rotatable bonds is 1. The molecule has 1 fully saturated rings. The van der Waals surface area contributed by atoms with Gasteiger partial charge in [0.05, 0.1) is 12.1 Å². The van der Waals surface area contributed by atoms with Crippen molar-refractivity contribution in [1.29, 1.82) is 0 Å². The first kappa shape index (κ1) is 14.6. The Balaban J connectivity index is 2.44. The summed E-state index contributed by atoms with van der Waals surface area (Å²) in [6, 6.07) is 5.17. The van der Waals surface area contributed by atoms with E-state index in [1.54, 1.807) is 23.2 Å². The maximum atomic E-state index is 12.2. The zero-order valence-electron chi connectivity index (χ0n) is 11.1. The molecule has 0 saturated carbocycles. The first-order valence-electron chi connectivity index (χ1n) is 6.03. The molecule has 1 aromatic carbocycles. The Bertz CT molecular complexity index is 493. The van der Waals surface area contributed by atoms with Gasteiger partial charge in [-0.15, -0.1) is 0 Å². The molecule has 104 valence electrons. The second kappa shape index (κ2) is 4.94. The van der Waals surface area contributed by atoms with Gasteiger partial charge in [0.2, 0.25) is 5.91 Å². The van der Waals surface area contributed by atoms with Gasteiger partial charge in [0.25, 0.3) is 0 Å². The average Bonchev–Trinajstić information content (AvgIpc) is 2.56. The molecule has 1 amide bonds. The zero-order valence-corrected chi connectivity index (χ0v) is 12.6. The normalized spacial score (nSPS) is 24.6. The zero-order chi connectivity index (χ0) is 14.4. The highest BCUT2D eigenvalue weighted by molar-refractivity contribution is 6.36. The van der Waals surface area contributed by atoms with Gasteiger partial charge in [0, 0.05) is 21.1 Å². The Labute approximate surface area is 122 Å². The fourth-order valence-corrected chi connectivity index (χ4v) is 2.92. The Morgan fingerprint density at radius 2 is 1.79 bits per heavy atom. The van der Waals surface area contributed by atoms with Gasteiger partial charge in [0.1, 0.15) is 0 Å². The van der Waals surface area contributed by atoms with E-state index in [0.717, 1.165) is 0 Å². The van der Waals surface area contributed by atoms with E-state index in [4.69, 9.17) is 28.9 Å². The minimum absolute atomic E-state index is 0.183. The molecule has 6 heteroatoms. The van der Waals surface area contributed by atoms with Crippen LogP contribution in [0.15, 0.2) is 18.2 Å². The van der Waals surface area contributed by atoms with Gasteiger partial charge in [-0.25, -0.2) is 0 Å². The average molecular weight is 302 g/mol. The number of hydrazine groups is 1. The van der Waals surface area contributed by atoms with Crippen molar-refractivity contribution in [2.75, 3.05) is 0 Å². The molecule has 1 aromatic rings. The molecular formula is C13H17Cl2N3O. The van der Waals surface area contributed by atoms with E-state index in [0.29, 0.717) is 15.6 Å². The van der Waals surface area contributed by atoms with Crippen molar-refractivity contribution < 1.29 is 4.79 Å². The number of carbonyl (C=O) groups excluding carboxylic acids is 1. The lowest BCUT2D eigenvalue weighted by molar-refractivity contribution is -0.123. The minimum Gasteiger partial charge on any atom is -0.313 e. The molecule has 0 radical (unpaired) electrons. The van der Waals surface area contributed by atoms with Gasteiger partial charge >= 0.3 is 0 Å². The van der Waals surface area contributed by atoms with Crippen molar-refractivity contribution in [2.24, 2.45) is 5.73 Å². The van der Waals surface area contributed by atoms with Crippen LogP contribution < -0.4 is 11.2 Å². The van der Waals surface area contributed by atoms with Crippen LogP contribution in [0.2, 0.25) is 10.0 Å². The number of halogens is 2. The van der Waals surface area contributed by atoms with E-state index in [9.17, 15) is 4.79 Å². The molecular weight excluding hydrogens is 285 g/mol. The maximum Gasteiger partial charge on any atom is 0.245 e. The van der Waals surface area contributed by atoms with E-state index in [-0.39, 0.29) is 11.4 Å². The molecule has 1 saturated heterocycles. The van der Waals surface area contributed by atoms with Gasteiger partial charge in [-0.3, -0.25) is 10.2 Å². The van der Waals surface area contributed by atoms with E-state index >= 15 is 0 Å². The molecule has 2 unspecified atom stereocenters. The van der Waals surface area contributed by atoms with E-state index in [1.807, 2.05) is 20.8 Å². The predicted molar refractivity (Wildman–Crippen MR) is 76.9 cm³/mol. The molecule has 0 spiro atoms. The highest BCUT2D eigenvalue weighted by Gasteiger charge is 2.45. The first-order valence-corrected chi connectivity index (χ1v) is 6.78. The number of amides is 1. The maximum absolute atomic E-state index is 12.2. The van der Waals surface area contributed by atoms with Gasteiger partial charge in [-0.1, -0.05) is 29.3 Å². The Kier molecular flexibility index (Phi) is 3.80. The van der Waals surface area contributed by atoms with Gasteiger partial charge in [0.15, 0.2) is 0 Å². The summed E-state index contributed by atoms with van der Waals surface area (Å²) < 4.78 is 0. The predicted octanol–water partition coefficient (Wildman–Crippen LogP) is 2.51. The fraction of sp³-hybridized carbons (Fsp3) is 0.462. The van der Waals surface area contributed by atoms with E-state index in [1.165, 1.54) is 0 Å². The van der Waals surface area contributed by atoms with Crippen LogP contribution in [-0.4, -0.2) is 22.6 Å². The summed E-state index contributed by atoms with van der Waals surface area (Å²) in [6.45, 7) is 5.93. The van der Waals surface area contributed by atoms with Crippen LogP contribution in [0.1, 0.15) is 32.3 Å². The van der Waals surface area contributed by atoms with Crippen molar-refractivity contribution in [1.82, 2.24) is 10.4 Å². The second-order valence-electron chi connectivity index (χ2n) is 5.62. The van der Waals surface area contributed by atoms with Crippen LogP contribution in [0.5, 0.6) is 0 Å². The number of benzene rings is 1. The molecule has 1 aliphatic heterocycles. The van der Waals surface area contributed by atoms with Crippen LogP contribution >= 0.6 is 23.2 Å². The standard InChI is InChI=1S/C13H17Cl2N3O/c1-13(2,3)18-11(16)10(12(19)17-18)9-7(14)5-4-6-8(9)15/h4-6,10-11H,16H2,1-3H3,(H,17,19). The summed E-state index contributed by atoms with van der Waals surface area (Å²) in [7, 11) is 0. The number of nitrogens with one attached hydrogen (secondary N) is 1. The van der Waals surface area contributed by atoms with Crippen LogP contribution in [0, 0.1) is 0 Å². The highest BCUT2D eigenvalue weighted by atomic mass is 35.5. The van der Waals surface area contributed by atoms with Crippen LogP contribution in [0.3, 0.4) is 0 Å². The van der Waals surface area contributed by atoms with Gasteiger partial charge in [-0.2, -0.15) is 5.01 Å². The van der Waals surface area contributed by atoms with Crippen molar-refractivity contribution in [3.8, 4) is 0 Å². The monoisotopic (exact) mass is 301 g/mol. The van der Waals surface area contributed by atoms with Gasteiger partial charge in [-0.05, 0) is 32.9 Å². The molecule has 1 heterocycles. The quantitative estimate of drug-likeness (QED) is 0.838. The molecule has 2 atom stereocenters. The van der Waals surface area contributed by atoms with Crippen molar-refractivity contribution in [3.63, 3.8) is 0 Å². The summed E-state index contributed by atoms with van der Waals surface area (Å²) in [4.78, 5) is 12.2. The molecule has 3 N–H and O–H groups in total. The summed E-state index contributed by atoms with van der Waals surface area (Å²) in [5.74, 6) is -0.752. The molecule has 0 aromatic heterocycles. The number of nitrogens with zero attached hydrogens (tertiary/aromatic N) is 1. The number of hydrogen-bond donors (Lipinski definition) is 2. The smallest absolute Gasteiger partial charge is 0.245 e. The fourth-order valence-electron chi connectivity index (χ4n) is 2.29. The topological polar surface area (TPSA) is 58.4 Å². The lowest BCUT2D eigenvalue weighted by Crippen LogP contribution is -2.54. The van der Waals surface area contributed by atoms with E-state index in [2.05, 4.69) is 5.43 Å². The molecule has 2 rings (SSSR count). The van der Waals surface area contributed by atoms with Crippen molar-refractivity contribution >= 4 is 29.1 Å². The van der Waals surface area contributed by atoms with Crippen molar-refractivity contribution in [2.45, 2.75) is 38.4 Å². The molecule has 4 nitrogen and oxygen atoms in total. The summed E-state index contributed by atoms with van der Waals surface area (Å²) in [5.41, 5.74) is 9.30. The largest absolute Gasteiger partial charge is 0.313 e. The van der Waals surface area contributed by atoms with E-state index < -0.39 is 12.1 Å². The molecule has 0 aliphatic carbocycles. The third-order valence-corrected chi connectivity index (χ3v) is 3.85. The second-order valence-corrected chi connectivity index (χ2v) is 6.43. The first-order chi connectivity index (χ1) is 8.73. The lowest BCUT2D eigenvalue weighted by atomic mass is 9.95. The lowest BCUT2D eigenvalue weighted by Gasteiger charge is -2.34. The highest BCUT2D eigenvalue weighted by Crippen LogP contribution is 2.37. The van der Waals surface area contributed by atoms with Gasteiger partial charge < -0.3 is 5.73 Å². The van der Waals surface area contributed by atoms with Crippen molar-refractivity contribution in [3.05, 3.63) is 33.8 Å². The SMILES string of the molecule is CC(C)(C)N1NC(=O)C(c2c(Cl)cccc2Cl)C1N. The number of hydrogen-bond acceptors (Lipinski definition) is 3. The Morgan fingerprint density at radius 3 is 2.21 bits per heavy atom. The molecule has 1 aliphatic rings. The molecule has 0 bridgehead atoms. The summed E-state index contributed by atoms with van der Waals surface area (Å²) in [5, 5.41) is 2.65. The number of carbonyl (C=O) groups is 1. The summed E-state index contributed by atoms with van der Waals surface area (Å²) >= 11 is 12.3. The third kappa shape index (κ3) is 2.58. The van der Waals surface area contributed by atoms with Crippen LogP contribution in [-0.2, 0) is 4.79 Å². The Hall–Kier alpha value is -0.810. The molecule has 19 heavy (non-hydrogen) atoms. The minimum atomic E-state index is -0.569. The van der Waals surface area contributed by atoms with Crippen LogP contribution in [0.25, 0.3) is 0 Å². The third-order valence-electron chi connectivity index (χ3n) is 3.19. The number of nitrogens with two attached hydrogens (primary N) is 1. The van der Waals surface area contributed by atoms with Crippen LogP contribution in [0.4, 0.5) is 0 Å². The Morgan fingerprint density at radius 1 is 1.26 bits per heavy atom.